The van der Waals surface area contributed by atoms with Crippen LogP contribution in [0.3, 0.4) is 0 Å². The van der Waals surface area contributed by atoms with E-state index >= 15 is 0 Å². The highest BCUT2D eigenvalue weighted by Gasteiger charge is 2.35. The Hall–Kier alpha value is -1.90. The van der Waals surface area contributed by atoms with Crippen molar-refractivity contribution in [2.75, 3.05) is 19.7 Å². The van der Waals surface area contributed by atoms with Crippen LogP contribution < -0.4 is 5.32 Å². The Morgan fingerprint density at radius 2 is 2.29 bits per heavy atom. The van der Waals surface area contributed by atoms with Crippen LogP contribution >= 0.6 is 0 Å². The summed E-state index contributed by atoms with van der Waals surface area (Å²) in [6, 6.07) is 11.0. The summed E-state index contributed by atoms with van der Waals surface area (Å²) in [5, 5.41) is 12.9. The molecule has 1 aliphatic heterocycles. The molecule has 1 saturated heterocycles. The van der Waals surface area contributed by atoms with Gasteiger partial charge in [0.15, 0.2) is 0 Å². The van der Waals surface area contributed by atoms with Crippen molar-refractivity contribution in [3.8, 4) is 6.07 Å². The average Bonchev–Trinajstić information content (AvgIpc) is 3.14. The number of hydrogen-bond acceptors (Lipinski definition) is 4. The Morgan fingerprint density at radius 3 is 2.94 bits per heavy atom. The first-order valence-corrected chi connectivity index (χ1v) is 5.43. The minimum absolute atomic E-state index is 0.111. The van der Waals surface area contributed by atoms with Crippen LogP contribution in [0.5, 0.6) is 0 Å². The summed E-state index contributed by atoms with van der Waals surface area (Å²) < 4.78 is 0. The smallest absolute Gasteiger partial charge is 0.251 e. The van der Waals surface area contributed by atoms with E-state index in [9.17, 15) is 4.79 Å². The predicted molar refractivity (Wildman–Crippen MR) is 60.8 cm³/mol. The number of nitriles is 1. The standard InChI is InChI=1S/C12H13N3O2/c13-8-11-9-15(11)17-7-6-14-12(16)10-4-2-1-3-5-10/h1-5,11H,6-7,9H2,(H,14,16). The minimum atomic E-state index is -0.114. The summed E-state index contributed by atoms with van der Waals surface area (Å²) >= 11 is 0. The number of hydrogen-bond donors (Lipinski definition) is 1. The van der Waals surface area contributed by atoms with Crippen LogP contribution in [0.25, 0.3) is 0 Å². The van der Waals surface area contributed by atoms with Crippen molar-refractivity contribution >= 4 is 5.91 Å². The number of nitrogens with zero attached hydrogens (tertiary/aromatic N) is 2. The number of benzene rings is 1. The summed E-state index contributed by atoms with van der Waals surface area (Å²) in [5.74, 6) is -0.114. The highest BCUT2D eigenvalue weighted by atomic mass is 16.7. The number of carbonyl (C=O) groups excluding carboxylic acids is 1. The molecule has 2 atom stereocenters. The third-order valence-corrected chi connectivity index (χ3v) is 2.40. The molecular weight excluding hydrogens is 218 g/mol. The highest BCUT2D eigenvalue weighted by molar-refractivity contribution is 5.94. The molecule has 1 amide bonds. The van der Waals surface area contributed by atoms with Crippen LogP contribution in [0.4, 0.5) is 0 Å². The number of rotatable bonds is 5. The van der Waals surface area contributed by atoms with Gasteiger partial charge in [-0.2, -0.15) is 10.3 Å². The Balaban J connectivity index is 1.63. The van der Waals surface area contributed by atoms with Crippen molar-refractivity contribution in [1.29, 1.82) is 5.26 Å². The summed E-state index contributed by atoms with van der Waals surface area (Å²) in [5.41, 5.74) is 0.633. The van der Waals surface area contributed by atoms with E-state index in [2.05, 4.69) is 11.4 Å². The molecule has 88 valence electrons. The maximum absolute atomic E-state index is 11.6. The van der Waals surface area contributed by atoms with Gasteiger partial charge in [-0.25, -0.2) is 0 Å². The van der Waals surface area contributed by atoms with Gasteiger partial charge in [0.2, 0.25) is 0 Å². The van der Waals surface area contributed by atoms with Crippen LogP contribution in [0.2, 0.25) is 0 Å². The van der Waals surface area contributed by atoms with Gasteiger partial charge in [-0.1, -0.05) is 18.2 Å². The lowest BCUT2D eigenvalue weighted by Crippen LogP contribution is -2.27. The molecule has 1 aromatic rings. The third kappa shape index (κ3) is 3.28. The van der Waals surface area contributed by atoms with E-state index in [1.54, 1.807) is 17.2 Å². The summed E-state index contributed by atoms with van der Waals surface area (Å²) in [6.45, 7) is 1.47. The molecule has 1 fully saturated rings. The van der Waals surface area contributed by atoms with E-state index in [0.29, 0.717) is 25.3 Å². The van der Waals surface area contributed by atoms with Crippen molar-refractivity contribution in [2.45, 2.75) is 6.04 Å². The van der Waals surface area contributed by atoms with E-state index in [0.717, 1.165) is 0 Å². The van der Waals surface area contributed by atoms with Crippen LogP contribution in [0, 0.1) is 11.3 Å². The van der Waals surface area contributed by atoms with Gasteiger partial charge in [-0.05, 0) is 12.1 Å². The number of nitrogens with one attached hydrogen (secondary N) is 1. The molecule has 0 aliphatic carbocycles. The van der Waals surface area contributed by atoms with Crippen molar-refractivity contribution in [1.82, 2.24) is 10.4 Å². The number of hydroxylamine groups is 2. The molecule has 5 nitrogen and oxygen atoms in total. The maximum Gasteiger partial charge on any atom is 0.251 e. The molecule has 0 radical (unpaired) electrons. The second-order valence-corrected chi connectivity index (χ2v) is 3.70. The normalized spacial score (nSPS) is 21.6. The zero-order chi connectivity index (χ0) is 12.1. The van der Waals surface area contributed by atoms with Crippen molar-refractivity contribution in [2.24, 2.45) is 0 Å². The third-order valence-electron chi connectivity index (χ3n) is 2.40. The fourth-order valence-electron chi connectivity index (χ4n) is 1.39. The van der Waals surface area contributed by atoms with E-state index in [4.69, 9.17) is 10.1 Å². The van der Waals surface area contributed by atoms with E-state index < -0.39 is 0 Å². The second kappa shape index (κ2) is 5.43. The maximum atomic E-state index is 11.6. The largest absolute Gasteiger partial charge is 0.350 e. The molecule has 0 spiro atoms. The number of carbonyl (C=O) groups is 1. The van der Waals surface area contributed by atoms with Gasteiger partial charge in [0, 0.05) is 12.1 Å². The molecule has 1 aromatic carbocycles. The fourth-order valence-corrected chi connectivity index (χ4v) is 1.39. The van der Waals surface area contributed by atoms with Gasteiger partial charge in [-0.15, -0.1) is 0 Å². The first-order valence-electron chi connectivity index (χ1n) is 5.43. The quantitative estimate of drug-likeness (QED) is 0.594. The zero-order valence-corrected chi connectivity index (χ0v) is 9.30. The monoisotopic (exact) mass is 231 g/mol. The summed E-state index contributed by atoms with van der Waals surface area (Å²) in [6.07, 6.45) is 0. The van der Waals surface area contributed by atoms with Gasteiger partial charge in [0.1, 0.15) is 6.04 Å². The van der Waals surface area contributed by atoms with Crippen molar-refractivity contribution in [3.63, 3.8) is 0 Å². The van der Waals surface area contributed by atoms with Crippen LogP contribution in [-0.2, 0) is 4.84 Å². The molecule has 2 unspecified atom stereocenters. The van der Waals surface area contributed by atoms with Crippen molar-refractivity contribution in [3.05, 3.63) is 35.9 Å². The lowest BCUT2D eigenvalue weighted by atomic mass is 10.2. The van der Waals surface area contributed by atoms with Crippen LogP contribution in [0.1, 0.15) is 10.4 Å². The predicted octanol–water partition coefficient (Wildman–Crippen LogP) is 0.556. The van der Waals surface area contributed by atoms with Crippen LogP contribution in [0.15, 0.2) is 30.3 Å². The van der Waals surface area contributed by atoms with E-state index in [1.165, 1.54) is 0 Å². The first kappa shape index (κ1) is 11.6. The minimum Gasteiger partial charge on any atom is -0.350 e. The summed E-state index contributed by atoms with van der Waals surface area (Å²) in [4.78, 5) is 16.8. The molecule has 1 N–H and O–H groups in total. The zero-order valence-electron chi connectivity index (χ0n) is 9.30. The van der Waals surface area contributed by atoms with Crippen molar-refractivity contribution < 1.29 is 9.63 Å². The molecule has 2 rings (SSSR count). The molecule has 0 bridgehead atoms. The molecular formula is C12H13N3O2. The lowest BCUT2D eigenvalue weighted by molar-refractivity contribution is -0.0677. The Kier molecular flexibility index (Phi) is 3.70. The van der Waals surface area contributed by atoms with Gasteiger partial charge in [-0.3, -0.25) is 9.63 Å². The Bertz CT molecular complexity index is 427. The fraction of sp³-hybridized carbons (Fsp3) is 0.333. The highest BCUT2D eigenvalue weighted by Crippen LogP contribution is 2.15. The van der Waals surface area contributed by atoms with E-state index in [1.807, 2.05) is 18.2 Å². The molecule has 17 heavy (non-hydrogen) atoms. The second-order valence-electron chi connectivity index (χ2n) is 3.70. The SMILES string of the molecule is N#CC1CN1OCCNC(=O)c1ccccc1. The Labute approximate surface area is 99.5 Å². The van der Waals surface area contributed by atoms with Gasteiger partial charge in [0.25, 0.3) is 5.91 Å². The molecule has 5 heteroatoms. The van der Waals surface area contributed by atoms with E-state index in [-0.39, 0.29) is 11.9 Å². The first-order chi connectivity index (χ1) is 8.31. The van der Waals surface area contributed by atoms with Gasteiger partial charge >= 0.3 is 0 Å². The molecule has 0 aromatic heterocycles. The van der Waals surface area contributed by atoms with Crippen LogP contribution in [-0.4, -0.2) is 36.7 Å². The van der Waals surface area contributed by atoms with Gasteiger partial charge in [0.05, 0.1) is 19.2 Å². The lowest BCUT2D eigenvalue weighted by Gasteiger charge is -2.05. The Morgan fingerprint density at radius 1 is 1.53 bits per heavy atom. The molecule has 0 saturated carbocycles. The number of amides is 1. The summed E-state index contributed by atoms with van der Waals surface area (Å²) in [7, 11) is 0. The topological polar surface area (TPSA) is 65.1 Å². The average molecular weight is 231 g/mol. The van der Waals surface area contributed by atoms with Gasteiger partial charge < -0.3 is 5.32 Å². The molecule has 1 heterocycles. The molecule has 1 aliphatic rings.